The molecule has 0 amide bonds. The Balaban J connectivity index is 1.75. The number of nitro benzene ring substituents is 1. The molecule has 0 saturated carbocycles. The molecule has 0 spiro atoms. The largest absolute Gasteiger partial charge is 0.379 e. The van der Waals surface area contributed by atoms with Crippen molar-refractivity contribution >= 4 is 11.4 Å². The lowest BCUT2D eigenvalue weighted by Gasteiger charge is -2.30. The van der Waals surface area contributed by atoms with Crippen LogP contribution in [0, 0.1) is 21.4 Å². The topological polar surface area (TPSA) is 79.0 Å². The molecule has 0 aliphatic heterocycles. The van der Waals surface area contributed by atoms with Gasteiger partial charge in [-0.2, -0.15) is 5.26 Å². The minimum atomic E-state index is -0.460. The van der Waals surface area contributed by atoms with Gasteiger partial charge >= 0.3 is 0 Å². The Bertz CT molecular complexity index is 749. The van der Waals surface area contributed by atoms with Gasteiger partial charge in [0.25, 0.3) is 5.69 Å². The molecule has 1 aliphatic rings. The van der Waals surface area contributed by atoms with E-state index >= 15 is 0 Å². The average molecular weight is 279 g/mol. The molecule has 2 aromatic carbocycles. The van der Waals surface area contributed by atoms with E-state index in [0.29, 0.717) is 23.7 Å². The van der Waals surface area contributed by atoms with E-state index in [4.69, 9.17) is 5.26 Å². The number of anilines is 1. The third-order valence-electron chi connectivity index (χ3n) is 3.82. The van der Waals surface area contributed by atoms with E-state index in [0.717, 1.165) is 6.42 Å². The van der Waals surface area contributed by atoms with Gasteiger partial charge in [-0.1, -0.05) is 24.3 Å². The summed E-state index contributed by atoms with van der Waals surface area (Å²) in [6.07, 6.45) is 0.993. The number of fused-ring (bicyclic) bond motifs is 1. The fourth-order valence-corrected chi connectivity index (χ4v) is 2.68. The van der Waals surface area contributed by atoms with Gasteiger partial charge < -0.3 is 5.32 Å². The molecular formula is C16H13N3O2. The summed E-state index contributed by atoms with van der Waals surface area (Å²) in [5.41, 5.74) is 3.35. The highest BCUT2D eigenvalue weighted by Gasteiger charge is 2.25. The zero-order valence-corrected chi connectivity index (χ0v) is 11.2. The lowest BCUT2D eigenvalue weighted by molar-refractivity contribution is -0.384. The first-order chi connectivity index (χ1) is 10.2. The summed E-state index contributed by atoms with van der Waals surface area (Å²) >= 11 is 0. The van der Waals surface area contributed by atoms with Crippen LogP contribution in [0.15, 0.2) is 42.5 Å². The third-order valence-corrected chi connectivity index (χ3v) is 3.82. The number of nitro groups is 1. The van der Waals surface area contributed by atoms with E-state index < -0.39 is 4.92 Å². The summed E-state index contributed by atoms with van der Waals surface area (Å²) in [6.45, 7) is 0.657. The summed E-state index contributed by atoms with van der Waals surface area (Å²) < 4.78 is 0. The normalized spacial score (nSPS) is 15.5. The van der Waals surface area contributed by atoms with Crippen LogP contribution in [0.1, 0.15) is 22.6 Å². The molecule has 21 heavy (non-hydrogen) atoms. The highest BCUT2D eigenvalue weighted by atomic mass is 16.6. The van der Waals surface area contributed by atoms with Crippen molar-refractivity contribution in [3.63, 3.8) is 0 Å². The first kappa shape index (κ1) is 13.1. The third kappa shape index (κ3) is 2.43. The molecule has 1 unspecified atom stereocenters. The molecule has 104 valence electrons. The molecule has 0 fully saturated rings. The predicted octanol–water partition coefficient (Wildman–Crippen LogP) is 3.22. The summed E-state index contributed by atoms with van der Waals surface area (Å²) in [5.74, 6) is 0.386. The summed E-state index contributed by atoms with van der Waals surface area (Å²) in [6, 6.07) is 14.6. The number of hydrogen-bond donors (Lipinski definition) is 1. The minimum absolute atomic E-state index is 0.0540. The second kappa shape index (κ2) is 5.25. The van der Waals surface area contributed by atoms with Crippen LogP contribution in [0.3, 0.4) is 0 Å². The van der Waals surface area contributed by atoms with Crippen LogP contribution >= 0.6 is 0 Å². The second-order valence-electron chi connectivity index (χ2n) is 5.08. The van der Waals surface area contributed by atoms with Crippen molar-refractivity contribution in [2.24, 2.45) is 0 Å². The Morgan fingerprint density at radius 3 is 2.86 bits per heavy atom. The first-order valence-corrected chi connectivity index (χ1v) is 6.69. The Labute approximate surface area is 122 Å². The Kier molecular flexibility index (Phi) is 3.28. The van der Waals surface area contributed by atoms with Gasteiger partial charge in [0.1, 0.15) is 5.69 Å². The van der Waals surface area contributed by atoms with Crippen molar-refractivity contribution in [3.05, 3.63) is 69.3 Å². The Morgan fingerprint density at radius 1 is 1.33 bits per heavy atom. The van der Waals surface area contributed by atoms with Crippen LogP contribution in [0.5, 0.6) is 0 Å². The van der Waals surface area contributed by atoms with Crippen molar-refractivity contribution < 1.29 is 4.92 Å². The van der Waals surface area contributed by atoms with Crippen molar-refractivity contribution in [1.82, 2.24) is 0 Å². The van der Waals surface area contributed by atoms with Gasteiger partial charge in [0, 0.05) is 18.5 Å². The Hall–Kier alpha value is -2.87. The lowest BCUT2D eigenvalue weighted by Crippen LogP contribution is -2.24. The summed E-state index contributed by atoms with van der Waals surface area (Å²) in [5, 5.41) is 23.0. The van der Waals surface area contributed by atoms with Crippen molar-refractivity contribution in [2.75, 3.05) is 11.9 Å². The van der Waals surface area contributed by atoms with E-state index in [1.165, 1.54) is 17.2 Å². The highest BCUT2D eigenvalue weighted by molar-refractivity contribution is 5.64. The number of rotatable bonds is 4. The molecular weight excluding hydrogens is 266 g/mol. The maximum atomic E-state index is 11.1. The smallest absolute Gasteiger partial charge is 0.293 e. The van der Waals surface area contributed by atoms with E-state index in [9.17, 15) is 10.1 Å². The number of nitrogens with one attached hydrogen (secondary N) is 1. The zero-order chi connectivity index (χ0) is 14.8. The maximum Gasteiger partial charge on any atom is 0.293 e. The number of nitrogens with zero attached hydrogens (tertiary/aromatic N) is 2. The standard InChI is InChI=1S/C16H13N3O2/c17-9-11-5-6-15(16(7-11)19(20)21)18-10-13-8-12-3-1-2-4-14(12)13/h1-7,13,18H,8,10H2. The minimum Gasteiger partial charge on any atom is -0.379 e. The van der Waals surface area contributed by atoms with Gasteiger partial charge in [-0.05, 0) is 29.7 Å². The number of hydrogen-bond acceptors (Lipinski definition) is 4. The molecule has 0 bridgehead atoms. The van der Waals surface area contributed by atoms with Gasteiger partial charge in [0.05, 0.1) is 16.6 Å². The van der Waals surface area contributed by atoms with Gasteiger partial charge in [0.2, 0.25) is 0 Å². The number of nitriles is 1. The second-order valence-corrected chi connectivity index (χ2v) is 5.08. The quantitative estimate of drug-likeness (QED) is 0.688. The lowest BCUT2D eigenvalue weighted by atomic mass is 9.77. The van der Waals surface area contributed by atoms with Crippen LogP contribution in [0.4, 0.5) is 11.4 Å². The van der Waals surface area contributed by atoms with Gasteiger partial charge in [-0.3, -0.25) is 10.1 Å². The Morgan fingerprint density at radius 2 is 2.14 bits per heavy atom. The van der Waals surface area contributed by atoms with Crippen LogP contribution < -0.4 is 5.32 Å². The van der Waals surface area contributed by atoms with Gasteiger partial charge in [-0.25, -0.2) is 0 Å². The molecule has 0 aromatic heterocycles. The molecule has 5 heteroatoms. The SMILES string of the molecule is N#Cc1ccc(NCC2Cc3ccccc32)c([N+](=O)[O-])c1. The summed E-state index contributed by atoms with van der Waals surface area (Å²) in [4.78, 5) is 10.6. The molecule has 1 N–H and O–H groups in total. The predicted molar refractivity (Wildman–Crippen MR) is 79.2 cm³/mol. The first-order valence-electron chi connectivity index (χ1n) is 6.69. The fraction of sp³-hybridized carbons (Fsp3) is 0.188. The van der Waals surface area contributed by atoms with Crippen LogP contribution in [-0.2, 0) is 6.42 Å². The van der Waals surface area contributed by atoms with E-state index in [1.54, 1.807) is 12.1 Å². The summed E-state index contributed by atoms with van der Waals surface area (Å²) in [7, 11) is 0. The van der Waals surface area contributed by atoms with E-state index in [2.05, 4.69) is 17.4 Å². The highest BCUT2D eigenvalue weighted by Crippen LogP contribution is 2.35. The molecule has 1 atom stereocenters. The molecule has 0 heterocycles. The molecule has 2 aromatic rings. The zero-order valence-electron chi connectivity index (χ0n) is 11.2. The molecule has 0 saturated heterocycles. The van der Waals surface area contributed by atoms with Crippen LogP contribution in [-0.4, -0.2) is 11.5 Å². The molecule has 0 radical (unpaired) electrons. The number of benzene rings is 2. The molecule has 5 nitrogen and oxygen atoms in total. The fourth-order valence-electron chi connectivity index (χ4n) is 2.68. The van der Waals surface area contributed by atoms with Gasteiger partial charge in [-0.15, -0.1) is 0 Å². The molecule has 1 aliphatic carbocycles. The van der Waals surface area contributed by atoms with Crippen LogP contribution in [0.25, 0.3) is 0 Å². The van der Waals surface area contributed by atoms with E-state index in [1.807, 2.05) is 18.2 Å². The van der Waals surface area contributed by atoms with Gasteiger partial charge in [0.15, 0.2) is 0 Å². The average Bonchev–Trinajstić information content (AvgIpc) is 2.48. The van der Waals surface area contributed by atoms with Crippen molar-refractivity contribution in [2.45, 2.75) is 12.3 Å². The van der Waals surface area contributed by atoms with Crippen LogP contribution in [0.2, 0.25) is 0 Å². The monoisotopic (exact) mass is 279 g/mol. The molecule has 3 rings (SSSR count). The maximum absolute atomic E-state index is 11.1. The van der Waals surface area contributed by atoms with Crippen molar-refractivity contribution in [1.29, 1.82) is 5.26 Å². The van der Waals surface area contributed by atoms with Crippen molar-refractivity contribution in [3.8, 4) is 6.07 Å². The van der Waals surface area contributed by atoms with E-state index in [-0.39, 0.29) is 5.69 Å².